The highest BCUT2D eigenvalue weighted by atomic mass is 35.5. The number of anilines is 1. The van der Waals surface area contributed by atoms with Crippen molar-refractivity contribution in [1.29, 1.82) is 0 Å². The van der Waals surface area contributed by atoms with Crippen molar-refractivity contribution in [3.63, 3.8) is 0 Å². The molecule has 1 amide bonds. The van der Waals surface area contributed by atoms with E-state index in [1.807, 2.05) is 0 Å². The van der Waals surface area contributed by atoms with Gasteiger partial charge in [0.1, 0.15) is 0 Å². The van der Waals surface area contributed by atoms with Gasteiger partial charge in [-0.2, -0.15) is 0 Å². The second-order valence-electron chi connectivity index (χ2n) is 4.89. The molecule has 2 aromatic rings. The maximum atomic E-state index is 12.0. The van der Waals surface area contributed by atoms with E-state index < -0.39 is 24.1 Å². The molecule has 6 heteroatoms. The Kier molecular flexibility index (Phi) is 5.73. The van der Waals surface area contributed by atoms with E-state index in [2.05, 4.69) is 5.32 Å². The van der Waals surface area contributed by atoms with Crippen molar-refractivity contribution in [2.75, 3.05) is 5.32 Å². The van der Waals surface area contributed by atoms with Gasteiger partial charge in [0.15, 0.2) is 12.2 Å². The summed E-state index contributed by atoms with van der Waals surface area (Å²) in [6.45, 7) is 1.43. The molecule has 2 aromatic carbocycles. The third-order valence-corrected chi connectivity index (χ3v) is 3.36. The van der Waals surface area contributed by atoms with Crippen molar-refractivity contribution < 1.29 is 19.4 Å². The third-order valence-electron chi connectivity index (χ3n) is 3.11. The molecule has 2 rings (SSSR count). The lowest BCUT2D eigenvalue weighted by molar-refractivity contribution is -0.162. The number of aliphatic hydroxyl groups is 1. The molecule has 120 valence electrons. The van der Waals surface area contributed by atoms with Gasteiger partial charge in [0.2, 0.25) is 0 Å². The van der Waals surface area contributed by atoms with E-state index in [0.29, 0.717) is 16.3 Å². The summed E-state index contributed by atoms with van der Waals surface area (Å²) in [7, 11) is 0. The van der Waals surface area contributed by atoms with Crippen LogP contribution in [-0.2, 0) is 14.3 Å². The predicted octanol–water partition coefficient (Wildman–Crippen LogP) is 2.94. The number of aliphatic hydroxyl groups excluding tert-OH is 1. The molecule has 23 heavy (non-hydrogen) atoms. The number of halogens is 1. The van der Waals surface area contributed by atoms with Crippen LogP contribution in [0.1, 0.15) is 18.6 Å². The van der Waals surface area contributed by atoms with E-state index in [-0.39, 0.29) is 0 Å². The standard InChI is InChI=1S/C17H16ClNO4/c1-11(16(21)19-14-9-7-13(18)8-10-14)23-17(22)15(20)12-5-3-2-4-6-12/h2-11,15,20H,1H3,(H,19,21)/t11-,15+/m1/s1. The summed E-state index contributed by atoms with van der Waals surface area (Å²) in [5, 5.41) is 13.1. The number of nitrogens with one attached hydrogen (secondary N) is 1. The molecule has 0 aliphatic heterocycles. The minimum Gasteiger partial charge on any atom is -0.450 e. The Labute approximate surface area is 138 Å². The van der Waals surface area contributed by atoms with Gasteiger partial charge in [-0.25, -0.2) is 4.79 Å². The van der Waals surface area contributed by atoms with Gasteiger partial charge < -0.3 is 15.2 Å². The predicted molar refractivity (Wildman–Crippen MR) is 87.0 cm³/mol. The van der Waals surface area contributed by atoms with Crippen LogP contribution in [0.15, 0.2) is 54.6 Å². The van der Waals surface area contributed by atoms with E-state index in [1.165, 1.54) is 6.92 Å². The number of carbonyl (C=O) groups is 2. The number of hydrogen-bond acceptors (Lipinski definition) is 4. The highest BCUT2D eigenvalue weighted by Gasteiger charge is 2.24. The Balaban J connectivity index is 1.92. The zero-order valence-corrected chi connectivity index (χ0v) is 13.2. The normalized spacial score (nSPS) is 13.0. The molecule has 0 aliphatic carbocycles. The molecule has 0 bridgehead atoms. The maximum Gasteiger partial charge on any atom is 0.340 e. The molecule has 2 N–H and O–H groups in total. The molecule has 0 spiro atoms. The molecule has 0 saturated heterocycles. The highest BCUT2D eigenvalue weighted by Crippen LogP contribution is 2.16. The molecule has 0 aliphatic rings. The summed E-state index contributed by atoms with van der Waals surface area (Å²) in [6.07, 6.45) is -2.47. The molecule has 0 saturated carbocycles. The second-order valence-corrected chi connectivity index (χ2v) is 5.32. The minimum absolute atomic E-state index is 0.405. The summed E-state index contributed by atoms with van der Waals surface area (Å²) in [5.74, 6) is -1.38. The summed E-state index contributed by atoms with van der Waals surface area (Å²) >= 11 is 5.76. The molecule has 0 heterocycles. The Morgan fingerprint density at radius 3 is 2.30 bits per heavy atom. The lowest BCUT2D eigenvalue weighted by Crippen LogP contribution is -2.31. The molecule has 0 aromatic heterocycles. The van der Waals surface area contributed by atoms with Gasteiger partial charge in [0.05, 0.1) is 0 Å². The molecule has 5 nitrogen and oxygen atoms in total. The fourth-order valence-electron chi connectivity index (χ4n) is 1.84. The molecule has 2 atom stereocenters. The topological polar surface area (TPSA) is 75.6 Å². The average Bonchev–Trinajstić information content (AvgIpc) is 2.56. The summed E-state index contributed by atoms with van der Waals surface area (Å²) in [4.78, 5) is 23.9. The van der Waals surface area contributed by atoms with Crippen LogP contribution in [0.5, 0.6) is 0 Å². The molecule has 0 radical (unpaired) electrons. The fraction of sp³-hybridized carbons (Fsp3) is 0.176. The zero-order valence-electron chi connectivity index (χ0n) is 12.4. The third kappa shape index (κ3) is 4.81. The van der Waals surface area contributed by atoms with Gasteiger partial charge in [-0.05, 0) is 36.8 Å². The first-order chi connectivity index (χ1) is 11.0. The second kappa shape index (κ2) is 7.76. The number of hydrogen-bond donors (Lipinski definition) is 2. The number of ether oxygens (including phenoxy) is 1. The van der Waals surface area contributed by atoms with Crippen LogP contribution < -0.4 is 5.32 Å². The first kappa shape index (κ1) is 17.0. The Morgan fingerprint density at radius 1 is 1.09 bits per heavy atom. The summed E-state index contributed by atoms with van der Waals surface area (Å²) < 4.78 is 5.00. The highest BCUT2D eigenvalue weighted by molar-refractivity contribution is 6.30. The minimum atomic E-state index is -1.43. The largest absolute Gasteiger partial charge is 0.450 e. The van der Waals surface area contributed by atoms with Crippen molar-refractivity contribution in [3.05, 3.63) is 65.2 Å². The quantitative estimate of drug-likeness (QED) is 0.825. The lowest BCUT2D eigenvalue weighted by Gasteiger charge is -2.16. The number of esters is 1. The monoisotopic (exact) mass is 333 g/mol. The Morgan fingerprint density at radius 2 is 1.70 bits per heavy atom. The molecule has 0 fully saturated rings. The first-order valence-electron chi connectivity index (χ1n) is 6.97. The number of amides is 1. The summed E-state index contributed by atoms with van der Waals surface area (Å²) in [5.41, 5.74) is 0.939. The van der Waals surface area contributed by atoms with Gasteiger partial charge in [0, 0.05) is 10.7 Å². The zero-order chi connectivity index (χ0) is 16.8. The van der Waals surface area contributed by atoms with Gasteiger partial charge in [-0.1, -0.05) is 41.9 Å². The van der Waals surface area contributed by atoms with E-state index in [0.717, 1.165) is 0 Å². The van der Waals surface area contributed by atoms with Crippen LogP contribution in [-0.4, -0.2) is 23.1 Å². The van der Waals surface area contributed by atoms with Crippen LogP contribution in [0.4, 0.5) is 5.69 Å². The van der Waals surface area contributed by atoms with Crippen molar-refractivity contribution in [2.45, 2.75) is 19.1 Å². The number of benzene rings is 2. The van der Waals surface area contributed by atoms with Crippen molar-refractivity contribution in [3.8, 4) is 0 Å². The molecule has 0 unspecified atom stereocenters. The van der Waals surface area contributed by atoms with Crippen molar-refractivity contribution >= 4 is 29.2 Å². The van der Waals surface area contributed by atoms with Crippen LogP contribution in [0.2, 0.25) is 5.02 Å². The van der Waals surface area contributed by atoms with E-state index in [9.17, 15) is 14.7 Å². The van der Waals surface area contributed by atoms with Crippen LogP contribution in [0, 0.1) is 0 Å². The fourth-order valence-corrected chi connectivity index (χ4v) is 1.97. The number of carbonyl (C=O) groups excluding carboxylic acids is 2. The van der Waals surface area contributed by atoms with Crippen LogP contribution >= 0.6 is 11.6 Å². The van der Waals surface area contributed by atoms with Crippen molar-refractivity contribution in [1.82, 2.24) is 0 Å². The van der Waals surface area contributed by atoms with Gasteiger partial charge in [-0.3, -0.25) is 4.79 Å². The van der Waals surface area contributed by atoms with E-state index >= 15 is 0 Å². The van der Waals surface area contributed by atoms with Gasteiger partial charge in [-0.15, -0.1) is 0 Å². The Hall–Kier alpha value is -2.37. The van der Waals surface area contributed by atoms with Crippen LogP contribution in [0.3, 0.4) is 0 Å². The van der Waals surface area contributed by atoms with E-state index in [1.54, 1.807) is 54.6 Å². The SMILES string of the molecule is C[C@@H](OC(=O)[C@@H](O)c1ccccc1)C(=O)Nc1ccc(Cl)cc1. The van der Waals surface area contributed by atoms with Gasteiger partial charge >= 0.3 is 5.97 Å². The smallest absolute Gasteiger partial charge is 0.340 e. The first-order valence-corrected chi connectivity index (χ1v) is 7.35. The lowest BCUT2D eigenvalue weighted by atomic mass is 10.1. The Bertz CT molecular complexity index is 673. The van der Waals surface area contributed by atoms with Crippen LogP contribution in [0.25, 0.3) is 0 Å². The van der Waals surface area contributed by atoms with E-state index in [4.69, 9.17) is 16.3 Å². The van der Waals surface area contributed by atoms with Gasteiger partial charge in [0.25, 0.3) is 5.91 Å². The van der Waals surface area contributed by atoms with Crippen molar-refractivity contribution in [2.24, 2.45) is 0 Å². The number of rotatable bonds is 5. The average molecular weight is 334 g/mol. The maximum absolute atomic E-state index is 12.0. The summed E-state index contributed by atoms with van der Waals surface area (Å²) in [6, 6.07) is 14.9. The molecular formula is C17H16ClNO4. The molecular weight excluding hydrogens is 318 g/mol.